The molecule has 4 nitrogen and oxygen atoms in total. The first-order valence-corrected chi connectivity index (χ1v) is 10.9. The number of carbonyl (C=O) groups is 1. The Balaban J connectivity index is 1.66. The second kappa shape index (κ2) is 9.09. The number of rotatable bonds is 7. The number of hydrogen-bond donors (Lipinski definition) is 0. The Bertz CT molecular complexity index is 1140. The van der Waals surface area contributed by atoms with Crippen molar-refractivity contribution < 1.29 is 9.53 Å². The number of fused-ring (bicyclic) bond motifs is 1. The number of thiazole rings is 1. The van der Waals surface area contributed by atoms with E-state index in [2.05, 4.69) is 0 Å². The largest absolute Gasteiger partial charge is 0.494 e. The molecule has 0 unspecified atom stereocenters. The highest BCUT2D eigenvalue weighted by Gasteiger charge is 2.21. The number of hydrogen-bond acceptors (Lipinski definition) is 4. The van der Waals surface area contributed by atoms with Crippen LogP contribution in [0.3, 0.4) is 0 Å². The summed E-state index contributed by atoms with van der Waals surface area (Å²) in [6.45, 7) is 5.12. The zero-order valence-electron chi connectivity index (χ0n) is 17.2. The van der Waals surface area contributed by atoms with Crippen LogP contribution in [0.1, 0.15) is 23.6 Å². The number of aryl methyl sites for hydroxylation is 1. The molecule has 0 bridgehead atoms. The van der Waals surface area contributed by atoms with E-state index in [9.17, 15) is 4.79 Å². The van der Waals surface area contributed by atoms with Gasteiger partial charge in [-0.1, -0.05) is 71.5 Å². The normalized spacial score (nSPS) is 10.9. The lowest BCUT2D eigenvalue weighted by Gasteiger charge is -2.20. The van der Waals surface area contributed by atoms with E-state index in [-0.39, 0.29) is 5.91 Å². The summed E-state index contributed by atoms with van der Waals surface area (Å²) in [4.78, 5) is 19.9. The molecule has 152 valence electrons. The molecule has 3 aromatic carbocycles. The number of anilines is 1. The number of ether oxygens (including phenoxy) is 1. The quantitative estimate of drug-likeness (QED) is 0.383. The summed E-state index contributed by atoms with van der Waals surface area (Å²) in [7, 11) is 0. The zero-order valence-corrected chi connectivity index (χ0v) is 18.0. The van der Waals surface area contributed by atoms with Crippen molar-refractivity contribution in [3.8, 4) is 5.75 Å². The van der Waals surface area contributed by atoms with Crippen LogP contribution >= 0.6 is 11.3 Å². The predicted octanol–water partition coefficient (Wildman–Crippen LogP) is 5.78. The van der Waals surface area contributed by atoms with Crippen LogP contribution in [0.4, 0.5) is 5.13 Å². The Morgan fingerprint density at radius 1 is 1.00 bits per heavy atom. The summed E-state index contributed by atoms with van der Waals surface area (Å²) in [5, 5.41) is 0.708. The van der Waals surface area contributed by atoms with Gasteiger partial charge >= 0.3 is 0 Å². The Kier molecular flexibility index (Phi) is 6.10. The third-order valence-corrected chi connectivity index (χ3v) is 5.89. The molecule has 0 N–H and O–H groups in total. The summed E-state index contributed by atoms with van der Waals surface area (Å²) < 4.78 is 6.63. The molecule has 30 heavy (non-hydrogen) atoms. The van der Waals surface area contributed by atoms with Crippen molar-refractivity contribution in [2.24, 2.45) is 0 Å². The van der Waals surface area contributed by atoms with Crippen LogP contribution < -0.4 is 9.64 Å². The average molecular weight is 417 g/mol. The second-order valence-electron chi connectivity index (χ2n) is 7.19. The molecular weight excluding hydrogens is 392 g/mol. The molecule has 0 fully saturated rings. The minimum atomic E-state index is 0.0341. The molecule has 1 heterocycles. The molecule has 0 aliphatic carbocycles. The third kappa shape index (κ3) is 4.69. The summed E-state index contributed by atoms with van der Waals surface area (Å²) in [6, 6.07) is 24.0. The van der Waals surface area contributed by atoms with Gasteiger partial charge < -0.3 is 4.74 Å². The summed E-state index contributed by atoms with van der Waals surface area (Å²) >= 11 is 1.52. The van der Waals surface area contributed by atoms with Crippen molar-refractivity contribution in [1.82, 2.24) is 4.98 Å². The van der Waals surface area contributed by atoms with E-state index in [0.29, 0.717) is 24.7 Å². The highest BCUT2D eigenvalue weighted by atomic mass is 32.1. The highest BCUT2D eigenvalue weighted by molar-refractivity contribution is 7.22. The number of nitrogens with zero attached hydrogens (tertiary/aromatic N) is 2. The molecule has 0 saturated heterocycles. The first-order valence-electron chi connectivity index (χ1n) is 10.1. The lowest BCUT2D eigenvalue weighted by Crippen LogP contribution is -2.31. The van der Waals surface area contributed by atoms with E-state index in [0.717, 1.165) is 27.1 Å². The van der Waals surface area contributed by atoms with Gasteiger partial charge in [0.15, 0.2) is 5.13 Å². The Hall–Kier alpha value is -3.18. The molecule has 0 aliphatic rings. The molecule has 1 aromatic heterocycles. The van der Waals surface area contributed by atoms with Crippen LogP contribution in [0.15, 0.2) is 72.8 Å². The fraction of sp³-hybridized carbons (Fsp3) is 0.200. The van der Waals surface area contributed by atoms with Crippen LogP contribution in [-0.2, 0) is 17.8 Å². The van der Waals surface area contributed by atoms with Gasteiger partial charge in [-0.2, -0.15) is 0 Å². The van der Waals surface area contributed by atoms with Gasteiger partial charge in [0, 0.05) is 0 Å². The lowest BCUT2D eigenvalue weighted by molar-refractivity contribution is -0.118. The molecule has 4 aromatic rings. The van der Waals surface area contributed by atoms with Gasteiger partial charge in [0.05, 0.1) is 29.8 Å². The first kappa shape index (κ1) is 20.1. The van der Waals surface area contributed by atoms with Gasteiger partial charge in [-0.3, -0.25) is 9.69 Å². The van der Waals surface area contributed by atoms with Crippen molar-refractivity contribution in [1.29, 1.82) is 0 Å². The van der Waals surface area contributed by atoms with Gasteiger partial charge in [0.1, 0.15) is 5.75 Å². The molecule has 0 saturated carbocycles. The summed E-state index contributed by atoms with van der Waals surface area (Å²) in [6.07, 6.45) is 0.341. The van der Waals surface area contributed by atoms with E-state index >= 15 is 0 Å². The van der Waals surface area contributed by atoms with Crippen molar-refractivity contribution in [2.75, 3.05) is 11.5 Å². The van der Waals surface area contributed by atoms with E-state index in [1.54, 1.807) is 4.90 Å². The minimum Gasteiger partial charge on any atom is -0.494 e. The lowest BCUT2D eigenvalue weighted by atomic mass is 10.1. The van der Waals surface area contributed by atoms with Crippen LogP contribution in [0.25, 0.3) is 10.2 Å². The summed E-state index contributed by atoms with van der Waals surface area (Å²) in [5.41, 5.74) is 4.13. The van der Waals surface area contributed by atoms with Crippen LogP contribution in [0.5, 0.6) is 5.75 Å². The highest BCUT2D eigenvalue weighted by Crippen LogP contribution is 2.32. The van der Waals surface area contributed by atoms with E-state index in [1.807, 2.05) is 86.6 Å². The molecular formula is C25H24N2O2S. The van der Waals surface area contributed by atoms with Crippen LogP contribution in [0.2, 0.25) is 0 Å². The number of benzene rings is 3. The monoisotopic (exact) mass is 416 g/mol. The molecule has 0 spiro atoms. The van der Waals surface area contributed by atoms with E-state index in [4.69, 9.17) is 9.72 Å². The van der Waals surface area contributed by atoms with Gasteiger partial charge in [-0.05, 0) is 43.2 Å². The topological polar surface area (TPSA) is 42.4 Å². The van der Waals surface area contributed by atoms with Gasteiger partial charge in [-0.25, -0.2) is 4.98 Å². The van der Waals surface area contributed by atoms with Gasteiger partial charge in [0.25, 0.3) is 0 Å². The standard InChI is InChI=1S/C25H24N2O2S/c1-3-29-21-13-14-22-23(16-21)30-25(26-22)27(17-20-7-5-4-6-8-20)24(28)15-19-11-9-18(2)10-12-19/h4-14,16H,3,15,17H2,1-2H3. The van der Waals surface area contributed by atoms with Crippen molar-refractivity contribution >= 4 is 32.6 Å². The number of amides is 1. The SMILES string of the molecule is CCOc1ccc2nc(N(Cc3ccccc3)C(=O)Cc3ccc(C)cc3)sc2c1. The van der Waals surface area contributed by atoms with Gasteiger partial charge in [0.2, 0.25) is 5.91 Å². The molecule has 1 amide bonds. The Morgan fingerprint density at radius 2 is 1.77 bits per heavy atom. The minimum absolute atomic E-state index is 0.0341. The third-order valence-electron chi connectivity index (χ3n) is 4.85. The second-order valence-corrected chi connectivity index (χ2v) is 8.20. The van der Waals surface area contributed by atoms with Gasteiger partial charge in [-0.15, -0.1) is 0 Å². The molecule has 0 atom stereocenters. The Labute approximate surface area is 180 Å². The molecule has 0 radical (unpaired) electrons. The average Bonchev–Trinajstić information content (AvgIpc) is 3.17. The fourth-order valence-corrected chi connectivity index (χ4v) is 4.28. The predicted molar refractivity (Wildman–Crippen MR) is 123 cm³/mol. The molecule has 5 heteroatoms. The Morgan fingerprint density at radius 3 is 2.50 bits per heavy atom. The number of aromatic nitrogens is 1. The first-order chi connectivity index (χ1) is 14.6. The summed E-state index contributed by atoms with van der Waals surface area (Å²) in [5.74, 6) is 0.854. The zero-order chi connectivity index (χ0) is 20.9. The van der Waals surface area contributed by atoms with Crippen molar-refractivity contribution in [3.63, 3.8) is 0 Å². The van der Waals surface area contributed by atoms with Crippen LogP contribution in [0, 0.1) is 6.92 Å². The van der Waals surface area contributed by atoms with Crippen molar-refractivity contribution in [3.05, 3.63) is 89.5 Å². The van der Waals surface area contributed by atoms with Crippen LogP contribution in [-0.4, -0.2) is 17.5 Å². The number of carbonyl (C=O) groups excluding carboxylic acids is 1. The maximum absolute atomic E-state index is 13.3. The van der Waals surface area contributed by atoms with Crippen molar-refractivity contribution in [2.45, 2.75) is 26.8 Å². The smallest absolute Gasteiger partial charge is 0.233 e. The fourth-order valence-electron chi connectivity index (χ4n) is 3.27. The molecule has 4 rings (SSSR count). The van der Waals surface area contributed by atoms with E-state index in [1.165, 1.54) is 16.9 Å². The maximum atomic E-state index is 13.3. The van der Waals surface area contributed by atoms with E-state index < -0.39 is 0 Å². The maximum Gasteiger partial charge on any atom is 0.233 e. The molecule has 0 aliphatic heterocycles.